The van der Waals surface area contributed by atoms with E-state index in [-0.39, 0.29) is 18.3 Å². The molecule has 3 aromatic carbocycles. The van der Waals surface area contributed by atoms with Crippen LogP contribution in [0.4, 0.5) is 5.69 Å². The lowest BCUT2D eigenvalue weighted by Gasteiger charge is -2.11. The summed E-state index contributed by atoms with van der Waals surface area (Å²) in [6.07, 6.45) is 0. The lowest BCUT2D eigenvalue weighted by molar-refractivity contribution is -0.118. The first kappa shape index (κ1) is 18.1. The zero-order valence-corrected chi connectivity index (χ0v) is 15.7. The molecule has 0 aliphatic heterocycles. The van der Waals surface area contributed by atoms with Crippen LogP contribution in [0.2, 0.25) is 5.02 Å². The fraction of sp³-hybridized carbons (Fsp3) is 0.0909. The van der Waals surface area contributed by atoms with Gasteiger partial charge < -0.3 is 14.5 Å². The van der Waals surface area contributed by atoms with E-state index in [1.54, 1.807) is 13.0 Å². The maximum atomic E-state index is 12.4. The number of nitrogens with one attached hydrogen (secondary N) is 1. The quantitative estimate of drug-likeness (QED) is 0.499. The molecule has 0 atom stereocenters. The van der Waals surface area contributed by atoms with Crippen LogP contribution in [0.5, 0.6) is 5.75 Å². The van der Waals surface area contributed by atoms with Crippen molar-refractivity contribution in [3.8, 4) is 5.75 Å². The summed E-state index contributed by atoms with van der Waals surface area (Å²) in [5.74, 6) is -0.0470. The van der Waals surface area contributed by atoms with Crippen LogP contribution >= 0.6 is 11.6 Å². The van der Waals surface area contributed by atoms with E-state index in [2.05, 4.69) is 5.32 Å². The van der Waals surface area contributed by atoms with E-state index in [1.165, 1.54) is 12.1 Å². The number of rotatable bonds is 4. The Morgan fingerprint density at radius 2 is 1.86 bits per heavy atom. The number of halogens is 1. The van der Waals surface area contributed by atoms with Gasteiger partial charge in [0.2, 0.25) is 0 Å². The monoisotopic (exact) mass is 393 g/mol. The first-order valence-corrected chi connectivity index (χ1v) is 9.03. The van der Waals surface area contributed by atoms with Crippen molar-refractivity contribution < 1.29 is 13.9 Å². The van der Waals surface area contributed by atoms with E-state index >= 15 is 0 Å². The van der Waals surface area contributed by atoms with Gasteiger partial charge in [-0.05, 0) is 30.0 Å². The first-order chi connectivity index (χ1) is 13.5. The minimum Gasteiger partial charge on any atom is -0.482 e. The molecule has 0 unspecified atom stereocenters. The lowest BCUT2D eigenvalue weighted by Crippen LogP contribution is -2.20. The Hall–Kier alpha value is -3.31. The second kappa shape index (κ2) is 7.37. The van der Waals surface area contributed by atoms with Gasteiger partial charge in [0.05, 0.1) is 5.02 Å². The summed E-state index contributed by atoms with van der Waals surface area (Å²) in [7, 11) is 0. The van der Waals surface area contributed by atoms with Gasteiger partial charge in [0.25, 0.3) is 5.91 Å². The highest BCUT2D eigenvalue weighted by Gasteiger charge is 2.12. The number of ether oxygens (including phenoxy) is 1. The Balaban J connectivity index is 1.53. The number of hydrogen-bond donors (Lipinski definition) is 1. The molecule has 5 nitrogen and oxygen atoms in total. The van der Waals surface area contributed by atoms with Crippen LogP contribution in [0.15, 0.2) is 69.9 Å². The fourth-order valence-corrected chi connectivity index (χ4v) is 3.31. The molecule has 140 valence electrons. The Labute approximate surface area is 165 Å². The van der Waals surface area contributed by atoms with E-state index in [9.17, 15) is 9.59 Å². The van der Waals surface area contributed by atoms with Gasteiger partial charge in [-0.2, -0.15) is 0 Å². The summed E-state index contributed by atoms with van der Waals surface area (Å²) < 4.78 is 10.8. The van der Waals surface area contributed by atoms with Gasteiger partial charge in [0.15, 0.2) is 6.61 Å². The van der Waals surface area contributed by atoms with Gasteiger partial charge >= 0.3 is 5.63 Å². The number of carbonyl (C=O) groups is 1. The second-order valence-corrected chi connectivity index (χ2v) is 6.80. The summed E-state index contributed by atoms with van der Waals surface area (Å²) in [4.78, 5) is 23.9. The first-order valence-electron chi connectivity index (χ1n) is 8.66. The molecule has 4 rings (SSSR count). The Morgan fingerprint density at radius 1 is 1.07 bits per heavy atom. The highest BCUT2D eigenvalue weighted by atomic mass is 35.5. The van der Waals surface area contributed by atoms with Gasteiger partial charge in [-0.25, -0.2) is 4.79 Å². The third kappa shape index (κ3) is 3.57. The lowest BCUT2D eigenvalue weighted by atomic mass is 10.1. The van der Waals surface area contributed by atoms with Crippen molar-refractivity contribution in [3.05, 3.63) is 81.7 Å². The van der Waals surface area contributed by atoms with Crippen molar-refractivity contribution >= 4 is 44.9 Å². The minimum absolute atomic E-state index is 0.232. The molecule has 0 saturated carbocycles. The van der Waals surface area contributed by atoms with Crippen molar-refractivity contribution in [1.29, 1.82) is 0 Å². The molecule has 0 bridgehead atoms. The number of fused-ring (bicyclic) bond motifs is 2. The molecule has 4 aromatic rings. The smallest absolute Gasteiger partial charge is 0.336 e. The molecule has 0 spiro atoms. The Bertz CT molecular complexity index is 1260. The topological polar surface area (TPSA) is 68.5 Å². The number of benzene rings is 3. The highest BCUT2D eigenvalue weighted by Crippen LogP contribution is 2.31. The summed E-state index contributed by atoms with van der Waals surface area (Å²) in [5.41, 5.74) is 1.37. The predicted molar refractivity (Wildman–Crippen MR) is 110 cm³/mol. The van der Waals surface area contributed by atoms with Crippen molar-refractivity contribution in [2.45, 2.75) is 6.92 Å². The van der Waals surface area contributed by atoms with Crippen LogP contribution in [-0.4, -0.2) is 12.5 Å². The highest BCUT2D eigenvalue weighted by molar-refractivity contribution is 6.32. The molecule has 1 heterocycles. The fourth-order valence-electron chi connectivity index (χ4n) is 3.09. The molecular formula is C22H16ClNO4. The van der Waals surface area contributed by atoms with Crippen LogP contribution in [0.1, 0.15) is 5.56 Å². The molecule has 1 N–H and O–H groups in total. The van der Waals surface area contributed by atoms with Gasteiger partial charge in [-0.3, -0.25) is 4.79 Å². The maximum Gasteiger partial charge on any atom is 0.336 e. The van der Waals surface area contributed by atoms with Crippen molar-refractivity contribution in [3.63, 3.8) is 0 Å². The van der Waals surface area contributed by atoms with Crippen molar-refractivity contribution in [2.75, 3.05) is 11.9 Å². The van der Waals surface area contributed by atoms with Crippen molar-refractivity contribution in [1.82, 2.24) is 0 Å². The molecule has 1 amide bonds. The SMILES string of the molecule is Cc1cc(=O)oc2cc(OCC(=O)Nc3cccc4ccccc34)c(Cl)cc12. The largest absolute Gasteiger partial charge is 0.482 e. The Kier molecular flexibility index (Phi) is 4.75. The van der Waals surface area contributed by atoms with Crippen LogP contribution in [0.3, 0.4) is 0 Å². The summed E-state index contributed by atoms with van der Waals surface area (Å²) >= 11 is 6.26. The molecule has 0 saturated heterocycles. The molecule has 1 aromatic heterocycles. The number of aryl methyl sites for hydroxylation is 1. The van der Waals surface area contributed by atoms with Gasteiger partial charge in [-0.15, -0.1) is 0 Å². The molecule has 0 radical (unpaired) electrons. The molecule has 0 aliphatic carbocycles. The number of hydrogen-bond acceptors (Lipinski definition) is 4. The number of anilines is 1. The number of carbonyl (C=O) groups excluding carboxylic acids is 1. The molecule has 6 heteroatoms. The normalized spacial score (nSPS) is 10.9. The minimum atomic E-state index is -0.452. The third-order valence-electron chi connectivity index (χ3n) is 4.43. The zero-order valence-electron chi connectivity index (χ0n) is 15.0. The van der Waals surface area contributed by atoms with Gasteiger partial charge in [0.1, 0.15) is 11.3 Å². The molecule has 0 fully saturated rings. The summed E-state index contributed by atoms with van der Waals surface area (Å²) in [5, 5.41) is 5.88. The van der Waals surface area contributed by atoms with Crippen LogP contribution in [0.25, 0.3) is 21.7 Å². The molecule has 28 heavy (non-hydrogen) atoms. The zero-order chi connectivity index (χ0) is 19.7. The maximum absolute atomic E-state index is 12.4. The average molecular weight is 394 g/mol. The predicted octanol–water partition coefficient (Wildman–Crippen LogP) is 4.93. The molecule has 0 aliphatic rings. The standard InChI is InChI=1S/C22H16ClNO4/c1-13-9-22(26)28-19-11-20(17(23)10-16(13)19)27-12-21(25)24-18-8-4-6-14-5-2-3-7-15(14)18/h2-11H,12H2,1H3,(H,24,25). The van der Waals surface area contributed by atoms with Crippen molar-refractivity contribution in [2.24, 2.45) is 0 Å². The Morgan fingerprint density at radius 3 is 2.71 bits per heavy atom. The van der Waals surface area contributed by atoms with Crippen LogP contribution in [0, 0.1) is 6.92 Å². The van der Waals surface area contributed by atoms with Gasteiger partial charge in [0, 0.05) is 28.6 Å². The number of amides is 1. The average Bonchev–Trinajstić information content (AvgIpc) is 2.67. The summed E-state index contributed by atoms with van der Waals surface area (Å²) in [6.45, 7) is 1.57. The van der Waals surface area contributed by atoms with E-state index in [0.717, 1.165) is 21.7 Å². The second-order valence-electron chi connectivity index (χ2n) is 6.39. The third-order valence-corrected chi connectivity index (χ3v) is 4.72. The summed E-state index contributed by atoms with van der Waals surface area (Å²) in [6, 6.07) is 18.1. The van der Waals surface area contributed by atoms with E-state index in [0.29, 0.717) is 16.3 Å². The van der Waals surface area contributed by atoms with Crippen LogP contribution < -0.4 is 15.7 Å². The van der Waals surface area contributed by atoms with E-state index in [4.69, 9.17) is 20.8 Å². The van der Waals surface area contributed by atoms with E-state index in [1.807, 2.05) is 42.5 Å². The van der Waals surface area contributed by atoms with Crippen LogP contribution in [-0.2, 0) is 4.79 Å². The molecular weight excluding hydrogens is 378 g/mol. The van der Waals surface area contributed by atoms with E-state index < -0.39 is 5.63 Å². The van der Waals surface area contributed by atoms with Gasteiger partial charge in [-0.1, -0.05) is 48.0 Å².